The van der Waals surface area contributed by atoms with Crippen LogP contribution in [0.3, 0.4) is 0 Å². The molecule has 6 nitrogen and oxygen atoms in total. The Morgan fingerprint density at radius 3 is 2.56 bits per heavy atom. The summed E-state index contributed by atoms with van der Waals surface area (Å²) in [4.78, 5) is 27.0. The highest BCUT2D eigenvalue weighted by molar-refractivity contribution is 5.94. The maximum atomic E-state index is 13.1. The Labute approximate surface area is 160 Å². The van der Waals surface area contributed by atoms with Gasteiger partial charge in [0.1, 0.15) is 5.60 Å². The number of rotatable bonds is 3. The Kier molecular flexibility index (Phi) is 5.29. The van der Waals surface area contributed by atoms with Gasteiger partial charge in [0, 0.05) is 25.4 Å². The molecule has 1 atom stereocenters. The fourth-order valence-corrected chi connectivity index (χ4v) is 3.70. The summed E-state index contributed by atoms with van der Waals surface area (Å²) < 4.78 is 13.0. The molecule has 6 heteroatoms. The van der Waals surface area contributed by atoms with Gasteiger partial charge in [0.15, 0.2) is 6.23 Å². The molecule has 2 aromatic rings. The van der Waals surface area contributed by atoms with Gasteiger partial charge in [-0.15, -0.1) is 0 Å². The third-order valence-corrected chi connectivity index (χ3v) is 4.60. The molecule has 0 N–H and O–H groups in total. The van der Waals surface area contributed by atoms with E-state index in [2.05, 4.69) is 11.8 Å². The lowest BCUT2D eigenvalue weighted by molar-refractivity contribution is -0.159. The SMILES string of the molecule is CCCN1CCc2c(n(C(=O)OC(C)(C)C)c3ccccc23)C1OC(C)=O. The van der Waals surface area contributed by atoms with Crippen LogP contribution in [0, 0.1) is 0 Å². The molecule has 0 radical (unpaired) electrons. The van der Waals surface area contributed by atoms with Crippen LogP contribution in [-0.4, -0.2) is 40.2 Å². The molecule has 0 fully saturated rings. The van der Waals surface area contributed by atoms with Crippen LogP contribution in [0.5, 0.6) is 0 Å². The van der Waals surface area contributed by atoms with E-state index in [4.69, 9.17) is 9.47 Å². The van der Waals surface area contributed by atoms with Gasteiger partial charge >= 0.3 is 12.1 Å². The van der Waals surface area contributed by atoms with Crippen molar-refractivity contribution in [3.8, 4) is 0 Å². The summed E-state index contributed by atoms with van der Waals surface area (Å²) in [6, 6.07) is 7.78. The lowest BCUT2D eigenvalue weighted by Gasteiger charge is -2.35. The summed E-state index contributed by atoms with van der Waals surface area (Å²) in [6.07, 6.45) is 0.685. The van der Waals surface area contributed by atoms with E-state index >= 15 is 0 Å². The number of carbonyl (C=O) groups excluding carboxylic acids is 2. The predicted octanol–water partition coefficient (Wildman–Crippen LogP) is 4.25. The first kappa shape index (κ1) is 19.4. The average Bonchev–Trinajstić information content (AvgIpc) is 2.90. The topological polar surface area (TPSA) is 60.8 Å². The summed E-state index contributed by atoms with van der Waals surface area (Å²) in [5.74, 6) is -0.366. The van der Waals surface area contributed by atoms with Crippen LogP contribution in [-0.2, 0) is 20.7 Å². The molecule has 0 aliphatic carbocycles. The molecular formula is C21H28N2O4. The minimum absolute atomic E-state index is 0.366. The van der Waals surface area contributed by atoms with E-state index in [0.717, 1.165) is 42.4 Å². The number of hydrogen-bond acceptors (Lipinski definition) is 5. The predicted molar refractivity (Wildman–Crippen MR) is 104 cm³/mol. The number of para-hydroxylation sites is 1. The zero-order valence-corrected chi connectivity index (χ0v) is 16.7. The Bertz CT molecular complexity index is 863. The molecule has 0 amide bonds. The fraction of sp³-hybridized carbons (Fsp3) is 0.524. The molecule has 0 spiro atoms. The van der Waals surface area contributed by atoms with Gasteiger partial charge in [0.2, 0.25) is 0 Å². The number of carbonyl (C=O) groups is 2. The molecule has 146 valence electrons. The maximum Gasteiger partial charge on any atom is 0.419 e. The molecule has 1 unspecified atom stereocenters. The van der Waals surface area contributed by atoms with E-state index in [1.54, 1.807) is 4.57 Å². The molecule has 2 heterocycles. The van der Waals surface area contributed by atoms with Crippen LogP contribution in [0.4, 0.5) is 4.79 Å². The van der Waals surface area contributed by atoms with Gasteiger partial charge < -0.3 is 9.47 Å². The molecule has 1 aromatic heterocycles. The van der Waals surface area contributed by atoms with Crippen LogP contribution >= 0.6 is 0 Å². The summed E-state index contributed by atoms with van der Waals surface area (Å²) in [5.41, 5.74) is 1.92. The fourth-order valence-electron chi connectivity index (χ4n) is 3.70. The molecule has 0 bridgehead atoms. The maximum absolute atomic E-state index is 13.1. The second kappa shape index (κ2) is 7.35. The van der Waals surface area contributed by atoms with E-state index in [9.17, 15) is 9.59 Å². The van der Waals surface area contributed by atoms with Gasteiger partial charge in [-0.05, 0) is 45.2 Å². The molecule has 0 saturated heterocycles. The normalized spacial score (nSPS) is 17.6. The minimum Gasteiger partial charge on any atom is -0.443 e. The van der Waals surface area contributed by atoms with Crippen molar-refractivity contribution < 1.29 is 19.1 Å². The van der Waals surface area contributed by atoms with Crippen LogP contribution in [0.2, 0.25) is 0 Å². The van der Waals surface area contributed by atoms with E-state index in [-0.39, 0.29) is 5.97 Å². The van der Waals surface area contributed by atoms with Crippen molar-refractivity contribution in [1.82, 2.24) is 9.47 Å². The lowest BCUT2D eigenvalue weighted by Crippen LogP contribution is -2.40. The Morgan fingerprint density at radius 1 is 1.22 bits per heavy atom. The number of ether oxygens (including phenoxy) is 2. The van der Waals surface area contributed by atoms with Crippen molar-refractivity contribution in [3.05, 3.63) is 35.5 Å². The van der Waals surface area contributed by atoms with Crippen LogP contribution in [0.1, 0.15) is 58.5 Å². The van der Waals surface area contributed by atoms with Crippen LogP contribution in [0.15, 0.2) is 24.3 Å². The van der Waals surface area contributed by atoms with Crippen molar-refractivity contribution >= 4 is 23.0 Å². The molecule has 27 heavy (non-hydrogen) atoms. The second-order valence-electron chi connectivity index (χ2n) is 7.94. The third kappa shape index (κ3) is 3.86. The molecule has 0 saturated carbocycles. The first-order chi connectivity index (χ1) is 12.7. The molecule has 3 rings (SSSR count). The minimum atomic E-state index is -0.621. The number of aromatic nitrogens is 1. The van der Waals surface area contributed by atoms with Crippen LogP contribution < -0.4 is 0 Å². The van der Waals surface area contributed by atoms with Gasteiger partial charge in [0.25, 0.3) is 0 Å². The van der Waals surface area contributed by atoms with Gasteiger partial charge in [-0.2, -0.15) is 0 Å². The summed E-state index contributed by atoms with van der Waals surface area (Å²) in [6.45, 7) is 10.6. The lowest BCUT2D eigenvalue weighted by atomic mass is 10.0. The number of nitrogens with zero attached hydrogens (tertiary/aromatic N) is 2. The van der Waals surface area contributed by atoms with Crippen molar-refractivity contribution in [2.24, 2.45) is 0 Å². The van der Waals surface area contributed by atoms with Gasteiger partial charge in [-0.3, -0.25) is 9.69 Å². The molecule has 1 aliphatic rings. The Morgan fingerprint density at radius 2 is 1.93 bits per heavy atom. The zero-order valence-electron chi connectivity index (χ0n) is 16.7. The van der Waals surface area contributed by atoms with E-state index in [1.807, 2.05) is 45.0 Å². The number of benzene rings is 1. The van der Waals surface area contributed by atoms with Crippen molar-refractivity contribution in [1.29, 1.82) is 0 Å². The molecular weight excluding hydrogens is 344 g/mol. The summed E-state index contributed by atoms with van der Waals surface area (Å²) in [5, 5.41) is 1.01. The highest BCUT2D eigenvalue weighted by atomic mass is 16.6. The second-order valence-corrected chi connectivity index (χ2v) is 7.94. The van der Waals surface area contributed by atoms with Gasteiger partial charge in [0.05, 0.1) is 11.2 Å². The molecule has 1 aromatic carbocycles. The third-order valence-electron chi connectivity index (χ3n) is 4.60. The van der Waals surface area contributed by atoms with Crippen molar-refractivity contribution in [3.63, 3.8) is 0 Å². The van der Waals surface area contributed by atoms with E-state index < -0.39 is 17.9 Å². The quantitative estimate of drug-likeness (QED) is 0.754. The zero-order chi connectivity index (χ0) is 19.8. The largest absolute Gasteiger partial charge is 0.443 e. The monoisotopic (exact) mass is 372 g/mol. The first-order valence-electron chi connectivity index (χ1n) is 9.49. The highest BCUT2D eigenvalue weighted by Crippen LogP contribution is 2.38. The van der Waals surface area contributed by atoms with Crippen LogP contribution in [0.25, 0.3) is 10.9 Å². The Hall–Kier alpha value is -2.34. The molecule has 1 aliphatic heterocycles. The van der Waals surface area contributed by atoms with E-state index in [1.165, 1.54) is 6.92 Å². The van der Waals surface area contributed by atoms with E-state index in [0.29, 0.717) is 5.69 Å². The highest BCUT2D eigenvalue weighted by Gasteiger charge is 2.37. The number of esters is 1. The standard InChI is InChI=1S/C21H28N2O4/c1-6-12-22-13-11-16-15-9-7-8-10-17(15)23(20(25)27-21(3,4)5)18(16)19(22)26-14(2)24/h7-10,19H,6,11-13H2,1-5H3. The van der Waals surface area contributed by atoms with Gasteiger partial charge in [-0.1, -0.05) is 25.1 Å². The smallest absolute Gasteiger partial charge is 0.419 e. The Balaban J connectivity index is 2.21. The number of fused-ring (bicyclic) bond motifs is 3. The van der Waals surface area contributed by atoms with Crippen molar-refractivity contribution in [2.45, 2.75) is 59.3 Å². The number of hydrogen-bond donors (Lipinski definition) is 0. The summed E-state index contributed by atoms with van der Waals surface area (Å²) >= 11 is 0. The van der Waals surface area contributed by atoms with Gasteiger partial charge in [-0.25, -0.2) is 9.36 Å². The van der Waals surface area contributed by atoms with Crippen molar-refractivity contribution in [2.75, 3.05) is 13.1 Å². The summed E-state index contributed by atoms with van der Waals surface area (Å²) in [7, 11) is 0. The first-order valence-corrected chi connectivity index (χ1v) is 9.49. The average molecular weight is 372 g/mol.